The molecule has 8 heteroatoms. The zero-order chi connectivity index (χ0) is 21.8. The van der Waals surface area contributed by atoms with Crippen LogP contribution in [-0.4, -0.2) is 68.0 Å². The van der Waals surface area contributed by atoms with Crippen LogP contribution in [0.4, 0.5) is 0 Å². The molecule has 2 unspecified atom stereocenters. The Hall–Kier alpha value is -2.61. The number of hydrogen-bond acceptors (Lipinski definition) is 5. The first-order valence-electron chi connectivity index (χ1n) is 11.3. The van der Waals surface area contributed by atoms with Gasteiger partial charge in [0, 0.05) is 20.1 Å². The van der Waals surface area contributed by atoms with Crippen LogP contribution >= 0.6 is 0 Å². The summed E-state index contributed by atoms with van der Waals surface area (Å²) in [4.78, 5) is 38.7. The third-order valence-electron chi connectivity index (χ3n) is 6.27. The molecular weight excluding hydrogens is 396 g/mol. The molecule has 3 N–H and O–H groups in total. The second-order valence-corrected chi connectivity index (χ2v) is 8.83. The second-order valence-electron chi connectivity index (χ2n) is 8.83. The molecule has 2 aliphatic heterocycles. The minimum atomic E-state index is -0.335. The van der Waals surface area contributed by atoms with E-state index in [2.05, 4.69) is 34.1 Å². The molecule has 2 atom stereocenters. The van der Waals surface area contributed by atoms with Gasteiger partial charge in [-0.2, -0.15) is 0 Å². The van der Waals surface area contributed by atoms with Crippen LogP contribution in [0, 0.1) is 5.92 Å². The van der Waals surface area contributed by atoms with E-state index in [1.165, 1.54) is 10.5 Å². The summed E-state index contributed by atoms with van der Waals surface area (Å²) in [5, 5.41) is 8.88. The monoisotopic (exact) mass is 428 g/mol. The summed E-state index contributed by atoms with van der Waals surface area (Å²) >= 11 is 0. The molecule has 1 aliphatic carbocycles. The number of hydrogen-bond donors (Lipinski definition) is 3. The van der Waals surface area contributed by atoms with Crippen LogP contribution in [0.25, 0.3) is 0 Å². The van der Waals surface area contributed by atoms with Crippen molar-refractivity contribution >= 4 is 17.7 Å². The van der Waals surface area contributed by atoms with Gasteiger partial charge in [0.05, 0.1) is 19.1 Å². The van der Waals surface area contributed by atoms with E-state index < -0.39 is 0 Å². The maximum atomic E-state index is 13.0. The van der Waals surface area contributed by atoms with Crippen LogP contribution in [0.15, 0.2) is 18.2 Å². The molecule has 2 bridgehead atoms. The van der Waals surface area contributed by atoms with Crippen molar-refractivity contribution in [1.29, 1.82) is 0 Å². The lowest BCUT2D eigenvalue weighted by molar-refractivity contribution is -0.137. The van der Waals surface area contributed by atoms with Gasteiger partial charge in [-0.05, 0) is 55.6 Å². The number of para-hydroxylation sites is 1. The van der Waals surface area contributed by atoms with Gasteiger partial charge >= 0.3 is 0 Å². The number of carbonyl (C=O) groups is 3. The highest BCUT2D eigenvalue weighted by Crippen LogP contribution is 2.34. The molecule has 1 saturated carbocycles. The Kier molecular flexibility index (Phi) is 6.75. The molecule has 2 heterocycles. The number of nitrogens with zero attached hydrogens (tertiary/aromatic N) is 1. The van der Waals surface area contributed by atoms with Gasteiger partial charge in [0.1, 0.15) is 11.9 Å². The van der Waals surface area contributed by atoms with E-state index >= 15 is 0 Å². The van der Waals surface area contributed by atoms with Gasteiger partial charge in [0.25, 0.3) is 0 Å². The average molecular weight is 429 g/mol. The molecule has 1 aromatic carbocycles. The van der Waals surface area contributed by atoms with Crippen molar-refractivity contribution in [3.05, 3.63) is 29.3 Å². The Morgan fingerprint density at radius 3 is 2.55 bits per heavy atom. The maximum Gasteiger partial charge on any atom is 0.240 e. The Labute approximate surface area is 183 Å². The molecule has 0 saturated heterocycles. The molecule has 1 fully saturated rings. The van der Waals surface area contributed by atoms with E-state index in [9.17, 15) is 14.4 Å². The number of fused-ring (bicyclic) bond motifs is 1. The second kappa shape index (κ2) is 9.68. The van der Waals surface area contributed by atoms with Crippen molar-refractivity contribution < 1.29 is 19.1 Å². The van der Waals surface area contributed by atoms with Crippen molar-refractivity contribution in [3.63, 3.8) is 0 Å². The molecule has 8 nitrogen and oxygen atoms in total. The Bertz CT molecular complexity index is 839. The van der Waals surface area contributed by atoms with Gasteiger partial charge in [-0.25, -0.2) is 0 Å². The van der Waals surface area contributed by atoms with Gasteiger partial charge in [-0.15, -0.1) is 0 Å². The molecule has 3 aliphatic rings. The highest BCUT2D eigenvalue weighted by molar-refractivity contribution is 5.89. The van der Waals surface area contributed by atoms with E-state index in [4.69, 9.17) is 4.74 Å². The van der Waals surface area contributed by atoms with Crippen LogP contribution in [0.1, 0.15) is 36.8 Å². The fraction of sp³-hybridized carbons (Fsp3) is 0.609. The third-order valence-corrected chi connectivity index (χ3v) is 6.27. The smallest absolute Gasteiger partial charge is 0.240 e. The summed E-state index contributed by atoms with van der Waals surface area (Å²) in [7, 11) is 1.64. The van der Waals surface area contributed by atoms with Crippen molar-refractivity contribution in [3.8, 4) is 5.75 Å². The first-order valence-corrected chi connectivity index (χ1v) is 11.3. The number of amides is 3. The molecule has 0 spiro atoms. The first-order chi connectivity index (χ1) is 15.0. The number of carbonyl (C=O) groups excluding carboxylic acids is 3. The standard InChI is InChI=1S/C23H32N4O4/c1-27-14-20(29)25-13-19(28)24-11-3-6-16-4-2-5-17-9-10-18(31-22(16)17)12-26-21(23(27)30)15-7-8-15/h2,4-5,15,18,21,26H,3,6-14H2,1H3,(H,24,28)(H,25,29). The van der Waals surface area contributed by atoms with Crippen molar-refractivity contribution in [2.45, 2.75) is 50.7 Å². The fourth-order valence-electron chi connectivity index (χ4n) is 4.35. The molecule has 168 valence electrons. The fourth-order valence-corrected chi connectivity index (χ4v) is 4.35. The Morgan fingerprint density at radius 2 is 1.77 bits per heavy atom. The van der Waals surface area contributed by atoms with Crippen molar-refractivity contribution in [2.24, 2.45) is 5.92 Å². The Morgan fingerprint density at radius 1 is 1.00 bits per heavy atom. The van der Waals surface area contributed by atoms with E-state index in [0.29, 0.717) is 19.0 Å². The number of rotatable bonds is 1. The van der Waals surface area contributed by atoms with Crippen LogP contribution < -0.4 is 20.7 Å². The molecule has 3 amide bonds. The van der Waals surface area contributed by atoms with Gasteiger partial charge < -0.3 is 25.6 Å². The minimum absolute atomic E-state index is 0.00916. The van der Waals surface area contributed by atoms with Crippen LogP contribution in [0.2, 0.25) is 0 Å². The zero-order valence-electron chi connectivity index (χ0n) is 18.1. The number of ether oxygens (including phenoxy) is 1. The maximum absolute atomic E-state index is 13.0. The van der Waals surface area contributed by atoms with Crippen LogP contribution in [0.5, 0.6) is 5.75 Å². The molecule has 0 aromatic heterocycles. The SMILES string of the molecule is CN1CC(=O)NCC(=O)NCCCc2cccc3c2OC(CC3)CNC(C2CC2)C1=O. The first kappa shape index (κ1) is 21.6. The van der Waals surface area contributed by atoms with E-state index in [1.807, 2.05) is 0 Å². The van der Waals surface area contributed by atoms with Gasteiger partial charge in [-0.3, -0.25) is 14.4 Å². The highest BCUT2D eigenvalue weighted by Gasteiger charge is 2.38. The Balaban J connectivity index is 1.50. The predicted molar refractivity (Wildman–Crippen MR) is 116 cm³/mol. The van der Waals surface area contributed by atoms with Crippen LogP contribution in [-0.2, 0) is 27.2 Å². The van der Waals surface area contributed by atoms with E-state index in [-0.39, 0.29) is 43.0 Å². The topological polar surface area (TPSA) is 99.8 Å². The molecule has 1 aromatic rings. The normalized spacial score (nSPS) is 26.2. The number of nitrogens with one attached hydrogen (secondary N) is 3. The van der Waals surface area contributed by atoms with Gasteiger partial charge in [0.2, 0.25) is 17.7 Å². The molecular formula is C23H32N4O4. The largest absolute Gasteiger partial charge is 0.489 e. The summed E-state index contributed by atoms with van der Waals surface area (Å²) in [6.45, 7) is 0.992. The molecule has 0 radical (unpaired) electrons. The predicted octanol–water partition coefficient (Wildman–Crippen LogP) is 0.385. The summed E-state index contributed by atoms with van der Waals surface area (Å²) in [6.07, 6.45) is 5.50. The van der Waals surface area contributed by atoms with E-state index in [1.54, 1.807) is 7.05 Å². The quantitative estimate of drug-likeness (QED) is 0.601. The lowest BCUT2D eigenvalue weighted by Crippen LogP contribution is -2.51. The number of aryl methyl sites for hydroxylation is 2. The molecule has 31 heavy (non-hydrogen) atoms. The lowest BCUT2D eigenvalue weighted by atomic mass is 9.97. The van der Waals surface area contributed by atoms with Crippen molar-refractivity contribution in [1.82, 2.24) is 20.9 Å². The molecule has 4 rings (SSSR count). The zero-order valence-corrected chi connectivity index (χ0v) is 18.1. The van der Waals surface area contributed by atoms with Gasteiger partial charge in [-0.1, -0.05) is 18.2 Å². The third kappa shape index (κ3) is 5.55. The van der Waals surface area contributed by atoms with Crippen molar-refractivity contribution in [2.75, 3.05) is 33.2 Å². The summed E-state index contributed by atoms with van der Waals surface area (Å²) in [5.41, 5.74) is 2.38. The highest BCUT2D eigenvalue weighted by atomic mass is 16.5. The lowest BCUT2D eigenvalue weighted by Gasteiger charge is -2.30. The summed E-state index contributed by atoms with van der Waals surface area (Å²) in [5.74, 6) is 0.624. The average Bonchev–Trinajstić information content (AvgIpc) is 3.60. The van der Waals surface area contributed by atoms with E-state index in [0.717, 1.165) is 49.8 Å². The summed E-state index contributed by atoms with van der Waals surface area (Å²) in [6, 6.07) is 5.96. The van der Waals surface area contributed by atoms with Gasteiger partial charge in [0.15, 0.2) is 0 Å². The minimum Gasteiger partial charge on any atom is -0.489 e. The number of benzene rings is 1. The number of likely N-dealkylation sites (N-methyl/N-ethyl adjacent to an activating group) is 1. The summed E-state index contributed by atoms with van der Waals surface area (Å²) < 4.78 is 6.37. The van der Waals surface area contributed by atoms with Crippen LogP contribution in [0.3, 0.4) is 0 Å².